The first-order valence-electron chi connectivity index (χ1n) is 9.29. The Labute approximate surface area is 180 Å². The normalized spacial score (nSPS) is 11.3. The summed E-state index contributed by atoms with van der Waals surface area (Å²) in [5.74, 6) is 0.480. The van der Waals surface area contributed by atoms with Gasteiger partial charge in [0.15, 0.2) is 5.75 Å². The van der Waals surface area contributed by atoms with Gasteiger partial charge < -0.3 is 4.74 Å². The molecule has 0 aliphatic carbocycles. The monoisotopic (exact) mass is 419 g/mol. The van der Waals surface area contributed by atoms with Crippen molar-refractivity contribution in [3.63, 3.8) is 0 Å². The van der Waals surface area contributed by atoms with E-state index in [-0.39, 0.29) is 0 Å². The van der Waals surface area contributed by atoms with Crippen molar-refractivity contribution in [2.24, 2.45) is 4.99 Å². The van der Waals surface area contributed by atoms with Crippen molar-refractivity contribution < 1.29 is 4.74 Å². The fourth-order valence-corrected chi connectivity index (χ4v) is 3.75. The van der Waals surface area contributed by atoms with Gasteiger partial charge >= 0.3 is 0 Å². The van der Waals surface area contributed by atoms with Crippen LogP contribution in [-0.2, 0) is 6.61 Å². The first-order valence-corrected chi connectivity index (χ1v) is 10.0. The van der Waals surface area contributed by atoms with Crippen LogP contribution in [0.25, 0.3) is 10.8 Å². The molecule has 0 radical (unpaired) electrons. The molecule has 0 spiro atoms. The third-order valence-corrected chi connectivity index (χ3v) is 5.23. The van der Waals surface area contributed by atoms with Crippen molar-refractivity contribution in [2.45, 2.75) is 13.5 Å². The van der Waals surface area contributed by atoms with Gasteiger partial charge in [0, 0.05) is 6.21 Å². The fraction of sp³-hybridized carbons (Fsp3) is 0.0800. The number of ether oxygens (including phenoxy) is 1. The molecular weight excluding hydrogens is 401 g/mol. The van der Waals surface area contributed by atoms with Gasteiger partial charge in [0.05, 0.1) is 15.7 Å². The Morgan fingerprint density at radius 1 is 0.862 bits per heavy atom. The summed E-state index contributed by atoms with van der Waals surface area (Å²) < 4.78 is 5.98. The molecule has 4 aromatic rings. The van der Waals surface area contributed by atoms with Crippen molar-refractivity contribution in [3.8, 4) is 5.75 Å². The van der Waals surface area contributed by atoms with Gasteiger partial charge in [-0.3, -0.25) is 4.99 Å². The molecule has 4 rings (SSSR count). The van der Waals surface area contributed by atoms with E-state index in [4.69, 9.17) is 27.9 Å². The molecule has 0 saturated heterocycles. The van der Waals surface area contributed by atoms with E-state index >= 15 is 0 Å². The number of halogens is 2. The summed E-state index contributed by atoms with van der Waals surface area (Å²) in [6.07, 6.45) is 1.75. The molecule has 4 heteroatoms. The van der Waals surface area contributed by atoms with Crippen LogP contribution in [-0.4, -0.2) is 6.21 Å². The summed E-state index contributed by atoms with van der Waals surface area (Å²) in [7, 11) is 0. The standard InChI is InChI=1S/C25H19Cl2NO/c1-17-9-11-21(12-10-17)28-15-18-13-23(26)25(24(27)14-18)29-16-20-7-4-6-19-5-2-3-8-22(19)20/h2-15H,16H2,1H3. The predicted molar refractivity (Wildman–Crippen MR) is 123 cm³/mol. The number of benzene rings is 4. The lowest BCUT2D eigenvalue weighted by atomic mass is 10.1. The molecule has 0 aromatic heterocycles. The highest BCUT2D eigenvalue weighted by atomic mass is 35.5. The third-order valence-electron chi connectivity index (χ3n) is 4.67. The maximum Gasteiger partial charge on any atom is 0.157 e. The summed E-state index contributed by atoms with van der Waals surface area (Å²) in [4.78, 5) is 4.47. The number of rotatable bonds is 5. The molecule has 0 heterocycles. The molecule has 0 aliphatic rings. The second-order valence-corrected chi connectivity index (χ2v) is 7.65. The maximum atomic E-state index is 6.45. The summed E-state index contributed by atoms with van der Waals surface area (Å²) in [6.45, 7) is 2.43. The van der Waals surface area contributed by atoms with Gasteiger partial charge in [0.25, 0.3) is 0 Å². The average molecular weight is 420 g/mol. The lowest BCUT2D eigenvalue weighted by molar-refractivity contribution is 0.308. The molecule has 29 heavy (non-hydrogen) atoms. The van der Waals surface area contributed by atoms with Crippen LogP contribution in [0, 0.1) is 6.92 Å². The minimum atomic E-state index is 0.387. The largest absolute Gasteiger partial charge is 0.486 e. The fourth-order valence-electron chi connectivity index (χ4n) is 3.14. The number of aryl methyl sites for hydroxylation is 1. The van der Waals surface area contributed by atoms with Gasteiger partial charge in [-0.1, -0.05) is 83.4 Å². The Morgan fingerprint density at radius 3 is 2.31 bits per heavy atom. The van der Waals surface area contributed by atoms with Gasteiger partial charge in [0.2, 0.25) is 0 Å². The van der Waals surface area contributed by atoms with Crippen LogP contribution < -0.4 is 4.74 Å². The Morgan fingerprint density at radius 2 is 1.55 bits per heavy atom. The summed E-state index contributed by atoms with van der Waals surface area (Å²) in [5.41, 5.74) is 3.97. The highest BCUT2D eigenvalue weighted by Crippen LogP contribution is 2.35. The minimum Gasteiger partial charge on any atom is -0.486 e. The van der Waals surface area contributed by atoms with E-state index in [1.54, 1.807) is 6.21 Å². The predicted octanol–water partition coefficient (Wildman–Crippen LogP) is 7.78. The van der Waals surface area contributed by atoms with Crippen molar-refractivity contribution in [2.75, 3.05) is 0 Å². The van der Waals surface area contributed by atoms with Gasteiger partial charge in [-0.25, -0.2) is 0 Å². The van der Waals surface area contributed by atoms with E-state index in [2.05, 4.69) is 23.2 Å². The Hall–Kier alpha value is -2.81. The van der Waals surface area contributed by atoms with Crippen molar-refractivity contribution in [3.05, 3.63) is 106 Å². The molecule has 0 unspecified atom stereocenters. The number of hydrogen-bond acceptors (Lipinski definition) is 2. The lowest BCUT2D eigenvalue weighted by Gasteiger charge is -2.12. The number of nitrogens with zero attached hydrogens (tertiary/aromatic N) is 1. The van der Waals surface area contributed by atoms with E-state index < -0.39 is 0 Å². The Balaban J connectivity index is 1.53. The third kappa shape index (κ3) is 4.61. The van der Waals surface area contributed by atoms with E-state index in [1.807, 2.05) is 67.6 Å². The first-order chi connectivity index (χ1) is 14.1. The van der Waals surface area contributed by atoms with Crippen molar-refractivity contribution >= 4 is 45.9 Å². The molecular formula is C25H19Cl2NO. The van der Waals surface area contributed by atoms with Crippen LogP contribution in [0.1, 0.15) is 16.7 Å². The molecule has 0 amide bonds. The molecule has 0 N–H and O–H groups in total. The number of hydrogen-bond donors (Lipinski definition) is 0. The van der Waals surface area contributed by atoms with Gasteiger partial charge in [-0.05, 0) is 53.1 Å². The highest BCUT2D eigenvalue weighted by Gasteiger charge is 2.10. The average Bonchev–Trinajstić information content (AvgIpc) is 2.73. The molecule has 0 saturated carbocycles. The smallest absolute Gasteiger partial charge is 0.157 e. The first kappa shape index (κ1) is 19.5. The highest BCUT2D eigenvalue weighted by molar-refractivity contribution is 6.37. The Kier molecular flexibility index (Phi) is 5.84. The quantitative estimate of drug-likeness (QED) is 0.302. The summed E-state index contributed by atoms with van der Waals surface area (Å²) in [5, 5.41) is 3.25. The van der Waals surface area contributed by atoms with Gasteiger partial charge in [-0.15, -0.1) is 0 Å². The number of fused-ring (bicyclic) bond motifs is 1. The van der Waals surface area contributed by atoms with Crippen LogP contribution in [0.3, 0.4) is 0 Å². The van der Waals surface area contributed by atoms with Gasteiger partial charge in [0.1, 0.15) is 6.61 Å². The summed E-state index contributed by atoms with van der Waals surface area (Å²) >= 11 is 12.9. The van der Waals surface area contributed by atoms with Crippen LogP contribution >= 0.6 is 23.2 Å². The lowest BCUT2D eigenvalue weighted by Crippen LogP contribution is -1.98. The van der Waals surface area contributed by atoms with Crippen molar-refractivity contribution in [1.29, 1.82) is 0 Å². The zero-order chi connectivity index (χ0) is 20.2. The van der Waals surface area contributed by atoms with E-state index in [0.29, 0.717) is 22.4 Å². The van der Waals surface area contributed by atoms with Crippen LogP contribution in [0.2, 0.25) is 10.0 Å². The summed E-state index contributed by atoms with van der Waals surface area (Å²) in [6, 6.07) is 26.0. The molecule has 0 aliphatic heterocycles. The molecule has 2 nitrogen and oxygen atoms in total. The molecule has 144 valence electrons. The molecule has 0 fully saturated rings. The van der Waals surface area contributed by atoms with E-state index in [0.717, 1.165) is 22.2 Å². The molecule has 4 aromatic carbocycles. The SMILES string of the molecule is Cc1ccc(N=Cc2cc(Cl)c(OCc3cccc4ccccc34)c(Cl)c2)cc1. The maximum absolute atomic E-state index is 6.45. The minimum absolute atomic E-state index is 0.387. The van der Waals surface area contributed by atoms with Crippen LogP contribution in [0.15, 0.2) is 83.9 Å². The van der Waals surface area contributed by atoms with Crippen molar-refractivity contribution in [1.82, 2.24) is 0 Å². The zero-order valence-electron chi connectivity index (χ0n) is 15.9. The second kappa shape index (κ2) is 8.69. The molecule has 0 atom stereocenters. The zero-order valence-corrected chi connectivity index (χ0v) is 17.4. The van der Waals surface area contributed by atoms with Crippen LogP contribution in [0.4, 0.5) is 5.69 Å². The van der Waals surface area contributed by atoms with E-state index in [1.165, 1.54) is 10.9 Å². The second-order valence-electron chi connectivity index (χ2n) is 6.83. The van der Waals surface area contributed by atoms with Crippen LogP contribution in [0.5, 0.6) is 5.75 Å². The van der Waals surface area contributed by atoms with E-state index in [9.17, 15) is 0 Å². The topological polar surface area (TPSA) is 21.6 Å². The Bertz CT molecular complexity index is 1150. The number of aliphatic imine (C=N–C) groups is 1. The molecule has 0 bridgehead atoms. The van der Waals surface area contributed by atoms with Gasteiger partial charge in [-0.2, -0.15) is 0 Å².